The molecule has 0 atom stereocenters. The Labute approximate surface area is 77.7 Å². The molecule has 0 fully saturated rings. The number of carbonyl (C=O) groups excluding carboxylic acids is 1. The molecule has 0 unspecified atom stereocenters. The highest BCUT2D eigenvalue weighted by molar-refractivity contribution is 6.27. The molecule has 68 valence electrons. The van der Waals surface area contributed by atoms with Crippen LogP contribution in [0.1, 0.15) is 26.7 Å². The number of hydrogen-bond donors (Lipinski definition) is 1. The summed E-state index contributed by atoms with van der Waals surface area (Å²) in [5.41, 5.74) is -0.730. The second kappa shape index (κ2) is 5.00. The minimum absolute atomic E-state index is 0.0938. The summed E-state index contributed by atoms with van der Waals surface area (Å²) in [6.45, 7) is 3.72. The number of nitrogens with zero attached hydrogens (tertiary/aromatic N) is 1. The summed E-state index contributed by atoms with van der Waals surface area (Å²) in [6, 6.07) is 2.09. The zero-order valence-corrected chi connectivity index (χ0v) is 8.11. The van der Waals surface area contributed by atoms with Crippen molar-refractivity contribution in [3.05, 3.63) is 0 Å². The number of nitrogens with one attached hydrogen (secondary N) is 1. The zero-order valence-electron chi connectivity index (χ0n) is 7.35. The highest BCUT2D eigenvalue weighted by Gasteiger charge is 2.26. The third-order valence-corrected chi connectivity index (χ3v) is 2.16. The first-order chi connectivity index (χ1) is 5.64. The number of hydrogen-bond acceptors (Lipinski definition) is 2. The van der Waals surface area contributed by atoms with Gasteiger partial charge in [-0.05, 0) is 12.8 Å². The molecule has 0 aliphatic rings. The van der Waals surface area contributed by atoms with Crippen LogP contribution in [-0.2, 0) is 4.79 Å². The molecule has 0 bridgehead atoms. The van der Waals surface area contributed by atoms with E-state index in [4.69, 9.17) is 16.9 Å². The van der Waals surface area contributed by atoms with E-state index in [2.05, 4.69) is 11.4 Å². The third-order valence-electron chi connectivity index (χ3n) is 1.92. The highest BCUT2D eigenvalue weighted by atomic mass is 35.5. The minimum atomic E-state index is -0.730. The fraction of sp³-hybridized carbons (Fsp3) is 0.750. The molecular weight excluding hydrogens is 176 g/mol. The molecule has 0 spiro atoms. The summed E-state index contributed by atoms with van der Waals surface area (Å²) in [7, 11) is 0. The van der Waals surface area contributed by atoms with E-state index in [0.717, 1.165) is 0 Å². The van der Waals surface area contributed by atoms with Crippen LogP contribution in [0.15, 0.2) is 0 Å². The van der Waals surface area contributed by atoms with Gasteiger partial charge in [0.15, 0.2) is 0 Å². The van der Waals surface area contributed by atoms with Crippen LogP contribution < -0.4 is 5.32 Å². The lowest BCUT2D eigenvalue weighted by Gasteiger charge is -2.24. The van der Waals surface area contributed by atoms with Crippen LogP contribution in [0, 0.1) is 11.3 Å². The van der Waals surface area contributed by atoms with Crippen molar-refractivity contribution in [2.75, 3.05) is 5.88 Å². The van der Waals surface area contributed by atoms with Crippen LogP contribution in [0.25, 0.3) is 0 Å². The van der Waals surface area contributed by atoms with Crippen molar-refractivity contribution in [2.45, 2.75) is 32.2 Å². The van der Waals surface area contributed by atoms with E-state index in [9.17, 15) is 4.79 Å². The van der Waals surface area contributed by atoms with Gasteiger partial charge in [-0.2, -0.15) is 5.26 Å². The summed E-state index contributed by atoms with van der Waals surface area (Å²) in [5.74, 6) is -0.384. The summed E-state index contributed by atoms with van der Waals surface area (Å²) in [6.07, 6.45) is 1.20. The van der Waals surface area contributed by atoms with Crippen LogP contribution >= 0.6 is 11.6 Å². The average Bonchev–Trinajstić information content (AvgIpc) is 2.14. The number of nitriles is 1. The fourth-order valence-corrected chi connectivity index (χ4v) is 0.980. The normalized spacial score (nSPS) is 10.5. The minimum Gasteiger partial charge on any atom is -0.337 e. The second-order valence-electron chi connectivity index (χ2n) is 2.58. The Balaban J connectivity index is 4.33. The monoisotopic (exact) mass is 188 g/mol. The molecule has 1 amide bonds. The molecule has 0 aliphatic carbocycles. The summed E-state index contributed by atoms with van der Waals surface area (Å²) in [4.78, 5) is 10.9. The van der Waals surface area contributed by atoms with Crippen molar-refractivity contribution in [3.63, 3.8) is 0 Å². The number of alkyl halides is 1. The molecule has 0 saturated heterocycles. The van der Waals surface area contributed by atoms with Gasteiger partial charge in [0.25, 0.3) is 0 Å². The van der Waals surface area contributed by atoms with Gasteiger partial charge in [0, 0.05) is 0 Å². The van der Waals surface area contributed by atoms with Gasteiger partial charge in [-0.3, -0.25) is 4.79 Å². The molecule has 0 aliphatic heterocycles. The largest absolute Gasteiger partial charge is 0.337 e. The Hall–Kier alpha value is -0.750. The van der Waals surface area contributed by atoms with E-state index < -0.39 is 5.54 Å². The van der Waals surface area contributed by atoms with E-state index in [-0.39, 0.29) is 11.8 Å². The van der Waals surface area contributed by atoms with Crippen molar-refractivity contribution in [2.24, 2.45) is 0 Å². The standard InChI is InChI=1S/C8H13ClN2O/c1-3-8(4-2,6-10)11-7(12)5-9/h3-5H2,1-2H3,(H,11,12). The van der Waals surface area contributed by atoms with Crippen LogP contribution in [0.4, 0.5) is 0 Å². The first kappa shape index (κ1) is 11.2. The van der Waals surface area contributed by atoms with E-state index in [1.807, 2.05) is 13.8 Å². The average molecular weight is 189 g/mol. The Kier molecular flexibility index (Phi) is 4.68. The summed E-state index contributed by atoms with van der Waals surface area (Å²) >= 11 is 5.31. The van der Waals surface area contributed by atoms with Gasteiger partial charge in [0.05, 0.1) is 6.07 Å². The highest BCUT2D eigenvalue weighted by Crippen LogP contribution is 2.13. The smallest absolute Gasteiger partial charge is 0.236 e. The molecule has 4 heteroatoms. The van der Waals surface area contributed by atoms with E-state index in [1.165, 1.54) is 0 Å². The van der Waals surface area contributed by atoms with Crippen molar-refractivity contribution in [1.82, 2.24) is 5.32 Å². The number of rotatable bonds is 4. The molecule has 0 aromatic rings. The molecule has 12 heavy (non-hydrogen) atoms. The third kappa shape index (κ3) is 2.71. The van der Waals surface area contributed by atoms with Crippen LogP contribution in [0.3, 0.4) is 0 Å². The van der Waals surface area contributed by atoms with Gasteiger partial charge >= 0.3 is 0 Å². The van der Waals surface area contributed by atoms with E-state index in [1.54, 1.807) is 0 Å². The first-order valence-electron chi connectivity index (χ1n) is 3.92. The topological polar surface area (TPSA) is 52.9 Å². The van der Waals surface area contributed by atoms with Crippen LogP contribution in [0.2, 0.25) is 0 Å². The lowest BCUT2D eigenvalue weighted by atomic mass is 9.95. The molecule has 0 aromatic heterocycles. The summed E-state index contributed by atoms with van der Waals surface area (Å²) in [5, 5.41) is 11.4. The maximum atomic E-state index is 10.9. The Morgan fingerprint density at radius 3 is 2.33 bits per heavy atom. The van der Waals surface area contributed by atoms with Gasteiger partial charge in [0.2, 0.25) is 5.91 Å². The number of halogens is 1. The Bertz CT molecular complexity index is 194. The van der Waals surface area contributed by atoms with Crippen molar-refractivity contribution in [3.8, 4) is 6.07 Å². The van der Waals surface area contributed by atoms with Crippen molar-refractivity contribution < 1.29 is 4.79 Å². The van der Waals surface area contributed by atoms with Crippen molar-refractivity contribution >= 4 is 17.5 Å². The maximum absolute atomic E-state index is 10.9. The van der Waals surface area contributed by atoms with E-state index in [0.29, 0.717) is 12.8 Å². The second-order valence-corrected chi connectivity index (χ2v) is 2.85. The number of carbonyl (C=O) groups is 1. The Morgan fingerprint density at radius 1 is 1.58 bits per heavy atom. The molecule has 1 N–H and O–H groups in total. The molecular formula is C8H13ClN2O. The molecule has 0 saturated carbocycles. The van der Waals surface area contributed by atoms with Gasteiger partial charge in [-0.1, -0.05) is 13.8 Å². The maximum Gasteiger partial charge on any atom is 0.236 e. The summed E-state index contributed by atoms with van der Waals surface area (Å²) < 4.78 is 0. The predicted molar refractivity (Wildman–Crippen MR) is 47.8 cm³/mol. The lowest BCUT2D eigenvalue weighted by Crippen LogP contribution is -2.46. The predicted octanol–water partition coefficient (Wildman–Crippen LogP) is 1.42. The van der Waals surface area contributed by atoms with Gasteiger partial charge in [0.1, 0.15) is 11.4 Å². The SMILES string of the molecule is CCC(C#N)(CC)NC(=O)CCl. The van der Waals surface area contributed by atoms with E-state index >= 15 is 0 Å². The zero-order chi connectivity index (χ0) is 9.61. The van der Waals surface area contributed by atoms with Gasteiger partial charge in [-0.15, -0.1) is 11.6 Å². The van der Waals surface area contributed by atoms with Crippen molar-refractivity contribution in [1.29, 1.82) is 5.26 Å². The lowest BCUT2D eigenvalue weighted by molar-refractivity contribution is -0.120. The molecule has 0 heterocycles. The van der Waals surface area contributed by atoms with Gasteiger partial charge in [-0.25, -0.2) is 0 Å². The molecule has 0 rings (SSSR count). The first-order valence-corrected chi connectivity index (χ1v) is 4.45. The quantitative estimate of drug-likeness (QED) is 0.679. The molecule has 0 radical (unpaired) electrons. The number of amides is 1. The van der Waals surface area contributed by atoms with Crippen LogP contribution in [0.5, 0.6) is 0 Å². The van der Waals surface area contributed by atoms with Crippen LogP contribution in [-0.4, -0.2) is 17.3 Å². The van der Waals surface area contributed by atoms with Gasteiger partial charge < -0.3 is 5.32 Å². The fourth-order valence-electron chi connectivity index (χ4n) is 0.913. The molecule has 0 aromatic carbocycles. The molecule has 3 nitrogen and oxygen atoms in total. The Morgan fingerprint density at radius 2 is 2.08 bits per heavy atom.